The summed E-state index contributed by atoms with van der Waals surface area (Å²) in [5, 5.41) is 13.2. The van der Waals surface area contributed by atoms with Crippen molar-refractivity contribution >= 4 is 23.2 Å². The molecule has 2 amide bonds. The first-order chi connectivity index (χ1) is 9.70. The third kappa shape index (κ3) is 3.83. The number of nitrogens with one attached hydrogen (secondary N) is 1. The highest BCUT2D eigenvalue weighted by molar-refractivity contribution is 7.10. The number of thiophene rings is 1. The van der Waals surface area contributed by atoms with E-state index in [1.807, 2.05) is 0 Å². The summed E-state index contributed by atoms with van der Waals surface area (Å²) in [5.41, 5.74) is 0.568. The van der Waals surface area contributed by atoms with Crippen LogP contribution < -0.4 is 5.32 Å². The molecule has 0 saturated carbocycles. The van der Waals surface area contributed by atoms with Crippen LogP contribution in [0.25, 0.3) is 0 Å². The molecule has 0 unspecified atom stereocenters. The number of rotatable bonds is 2. The summed E-state index contributed by atoms with van der Waals surface area (Å²) in [6.45, 7) is 1.34. The molecule has 6 heteroatoms. The second-order valence-electron chi connectivity index (χ2n) is 4.41. The lowest BCUT2D eigenvalue weighted by atomic mass is 10.2. The number of aliphatic hydroxyl groups is 1. The van der Waals surface area contributed by atoms with Crippen molar-refractivity contribution in [2.24, 2.45) is 0 Å². The number of carbonyl (C=O) groups excluding carboxylic acids is 2. The summed E-state index contributed by atoms with van der Waals surface area (Å²) in [6.07, 6.45) is 1.19. The van der Waals surface area contributed by atoms with Gasteiger partial charge in [-0.3, -0.25) is 9.59 Å². The van der Waals surface area contributed by atoms with Crippen molar-refractivity contribution in [3.63, 3.8) is 0 Å². The smallest absolute Gasteiger partial charge is 0.255 e. The predicted octanol–water partition coefficient (Wildman–Crippen LogP) is 0.444. The lowest BCUT2D eigenvalue weighted by Gasteiger charge is -2.17. The Hall–Kier alpha value is -1.84. The van der Waals surface area contributed by atoms with Gasteiger partial charge in [0.15, 0.2) is 0 Å². The quantitative estimate of drug-likeness (QED) is 0.777. The summed E-state index contributed by atoms with van der Waals surface area (Å²) in [5.74, 6) is 5.48. The van der Waals surface area contributed by atoms with E-state index in [4.69, 9.17) is 5.11 Å². The molecule has 106 valence electrons. The second-order valence-corrected chi connectivity index (χ2v) is 5.32. The van der Waals surface area contributed by atoms with Gasteiger partial charge in [0.2, 0.25) is 5.91 Å². The number of carbonyl (C=O) groups is 2. The van der Waals surface area contributed by atoms with Gasteiger partial charge in [-0.05, 0) is 12.5 Å². The molecule has 0 atom stereocenters. The van der Waals surface area contributed by atoms with Crippen LogP contribution in [0, 0.1) is 11.8 Å². The SMILES string of the molecule is O=C1CN(C(=O)c2csc(C#CCCO)c2)CCCN1. The summed E-state index contributed by atoms with van der Waals surface area (Å²) < 4.78 is 0. The molecule has 2 heterocycles. The van der Waals surface area contributed by atoms with E-state index in [-0.39, 0.29) is 25.0 Å². The average molecular weight is 292 g/mol. The maximum absolute atomic E-state index is 12.3. The molecule has 1 aromatic rings. The standard InChI is InChI=1S/C14H16N2O3S/c17-7-2-1-4-12-8-11(10-20-12)14(19)16-6-3-5-15-13(18)9-16/h8,10,17H,2-3,5-7,9H2,(H,15,18). The zero-order valence-electron chi connectivity index (χ0n) is 11.0. The van der Waals surface area contributed by atoms with Crippen LogP contribution in [0.4, 0.5) is 0 Å². The topological polar surface area (TPSA) is 69.6 Å². The van der Waals surface area contributed by atoms with Crippen molar-refractivity contribution in [2.75, 3.05) is 26.2 Å². The average Bonchev–Trinajstić information content (AvgIpc) is 2.80. The fourth-order valence-corrected chi connectivity index (χ4v) is 2.63. The van der Waals surface area contributed by atoms with Crippen molar-refractivity contribution in [1.29, 1.82) is 0 Å². The molecular formula is C14H16N2O3S. The van der Waals surface area contributed by atoms with E-state index in [2.05, 4.69) is 17.2 Å². The van der Waals surface area contributed by atoms with Crippen LogP contribution in [0.2, 0.25) is 0 Å². The molecule has 2 N–H and O–H groups in total. The van der Waals surface area contributed by atoms with Crippen LogP contribution in [0.15, 0.2) is 11.4 Å². The molecule has 1 aliphatic heterocycles. The molecule has 2 rings (SSSR count). The van der Waals surface area contributed by atoms with Crippen LogP contribution in [0.1, 0.15) is 28.1 Å². The Morgan fingerprint density at radius 2 is 2.40 bits per heavy atom. The van der Waals surface area contributed by atoms with E-state index in [0.717, 1.165) is 11.3 Å². The largest absolute Gasteiger partial charge is 0.395 e. The van der Waals surface area contributed by atoms with Gasteiger partial charge in [-0.25, -0.2) is 0 Å². The number of aliphatic hydroxyl groups excluding tert-OH is 1. The Balaban J connectivity index is 2.05. The highest BCUT2D eigenvalue weighted by Gasteiger charge is 2.21. The predicted molar refractivity (Wildman–Crippen MR) is 76.4 cm³/mol. The van der Waals surface area contributed by atoms with E-state index in [1.54, 1.807) is 16.3 Å². The van der Waals surface area contributed by atoms with E-state index in [9.17, 15) is 9.59 Å². The summed E-state index contributed by atoms with van der Waals surface area (Å²) >= 11 is 1.40. The lowest BCUT2D eigenvalue weighted by molar-refractivity contribution is -0.121. The zero-order chi connectivity index (χ0) is 14.4. The van der Waals surface area contributed by atoms with Gasteiger partial charge < -0.3 is 15.3 Å². The minimum absolute atomic E-state index is 0.0348. The Bertz CT molecular complexity index is 556. The van der Waals surface area contributed by atoms with E-state index >= 15 is 0 Å². The van der Waals surface area contributed by atoms with Crippen molar-refractivity contribution < 1.29 is 14.7 Å². The second kappa shape index (κ2) is 7.08. The normalized spacial score (nSPS) is 15.1. The van der Waals surface area contributed by atoms with Crippen LogP contribution in [0.3, 0.4) is 0 Å². The third-order valence-corrected chi connectivity index (χ3v) is 3.69. The maximum Gasteiger partial charge on any atom is 0.255 e. The molecule has 20 heavy (non-hydrogen) atoms. The Labute approximate surface area is 121 Å². The fraction of sp³-hybridized carbons (Fsp3) is 0.429. The van der Waals surface area contributed by atoms with Gasteiger partial charge in [-0.15, -0.1) is 11.3 Å². The molecule has 1 aromatic heterocycles. The Kier molecular flexibility index (Phi) is 5.16. The molecule has 0 radical (unpaired) electrons. The summed E-state index contributed by atoms with van der Waals surface area (Å²) in [6, 6.07) is 1.74. The van der Waals surface area contributed by atoms with Crippen LogP contribution in [-0.2, 0) is 4.79 Å². The molecule has 0 bridgehead atoms. The van der Waals surface area contributed by atoms with Gasteiger partial charge in [0.05, 0.1) is 23.6 Å². The summed E-state index contributed by atoms with van der Waals surface area (Å²) in [4.78, 5) is 26.1. The fourth-order valence-electron chi connectivity index (χ4n) is 1.88. The summed E-state index contributed by atoms with van der Waals surface area (Å²) in [7, 11) is 0. The van der Waals surface area contributed by atoms with Crippen molar-refractivity contribution in [2.45, 2.75) is 12.8 Å². The monoisotopic (exact) mass is 292 g/mol. The first-order valence-electron chi connectivity index (χ1n) is 6.45. The van der Waals surface area contributed by atoms with Gasteiger partial charge in [0, 0.05) is 24.9 Å². The van der Waals surface area contributed by atoms with Crippen molar-refractivity contribution in [1.82, 2.24) is 10.2 Å². The van der Waals surface area contributed by atoms with Gasteiger partial charge in [-0.2, -0.15) is 0 Å². The van der Waals surface area contributed by atoms with Crippen LogP contribution >= 0.6 is 11.3 Å². The first-order valence-corrected chi connectivity index (χ1v) is 7.33. The van der Waals surface area contributed by atoms with Gasteiger partial charge in [-0.1, -0.05) is 11.8 Å². The number of hydrogen-bond donors (Lipinski definition) is 2. The van der Waals surface area contributed by atoms with Gasteiger partial charge in [0.1, 0.15) is 0 Å². The lowest BCUT2D eigenvalue weighted by Crippen LogP contribution is -2.37. The molecule has 0 spiro atoms. The molecule has 5 nitrogen and oxygen atoms in total. The maximum atomic E-state index is 12.3. The number of nitrogens with zero attached hydrogens (tertiary/aromatic N) is 1. The molecule has 1 saturated heterocycles. The molecule has 0 aliphatic carbocycles. The Morgan fingerprint density at radius 1 is 1.55 bits per heavy atom. The minimum atomic E-state index is -0.131. The Morgan fingerprint density at radius 3 is 3.20 bits per heavy atom. The number of amides is 2. The van der Waals surface area contributed by atoms with Gasteiger partial charge >= 0.3 is 0 Å². The van der Waals surface area contributed by atoms with Gasteiger partial charge in [0.25, 0.3) is 5.91 Å². The molecular weight excluding hydrogens is 276 g/mol. The number of hydrogen-bond acceptors (Lipinski definition) is 4. The zero-order valence-corrected chi connectivity index (χ0v) is 11.8. The van der Waals surface area contributed by atoms with Crippen LogP contribution in [0.5, 0.6) is 0 Å². The van der Waals surface area contributed by atoms with Crippen molar-refractivity contribution in [3.8, 4) is 11.8 Å². The first kappa shape index (κ1) is 14.6. The molecule has 1 aliphatic rings. The molecule has 1 fully saturated rings. The van der Waals surface area contributed by atoms with E-state index in [0.29, 0.717) is 25.1 Å². The molecule has 0 aromatic carbocycles. The van der Waals surface area contributed by atoms with E-state index in [1.165, 1.54) is 11.3 Å². The highest BCUT2D eigenvalue weighted by Crippen LogP contribution is 2.16. The third-order valence-electron chi connectivity index (χ3n) is 2.84. The van der Waals surface area contributed by atoms with Crippen LogP contribution in [-0.4, -0.2) is 48.1 Å². The van der Waals surface area contributed by atoms with E-state index < -0.39 is 0 Å². The van der Waals surface area contributed by atoms with Crippen molar-refractivity contribution in [3.05, 3.63) is 21.9 Å². The minimum Gasteiger partial charge on any atom is -0.395 e. The highest BCUT2D eigenvalue weighted by atomic mass is 32.1.